The van der Waals surface area contributed by atoms with E-state index in [1.807, 2.05) is 0 Å². The lowest BCUT2D eigenvalue weighted by atomic mass is 10.3. The second kappa shape index (κ2) is 6.87. The Kier molecular flexibility index (Phi) is 6.41. The van der Waals surface area contributed by atoms with Gasteiger partial charge >= 0.3 is 0 Å². The summed E-state index contributed by atoms with van der Waals surface area (Å²) in [6.07, 6.45) is -0.555. The third-order valence-corrected chi connectivity index (χ3v) is 1.32. The lowest BCUT2D eigenvalue weighted by Crippen LogP contribution is -2.31. The summed E-state index contributed by atoms with van der Waals surface area (Å²) in [4.78, 5) is 2.66. The normalized spacial score (nSPS) is 12.7. The van der Waals surface area contributed by atoms with E-state index in [2.05, 4.69) is 10.0 Å². The Morgan fingerprint density at radius 3 is 2.25 bits per heavy atom. The minimum absolute atomic E-state index is 0.274. The van der Waals surface area contributed by atoms with Gasteiger partial charge in [0.15, 0.2) is 6.29 Å². The minimum atomic E-state index is -0.555. The highest BCUT2D eigenvalue weighted by Crippen LogP contribution is 2.04. The number of hydrogen-bond acceptors (Lipinski definition) is 4. The van der Waals surface area contributed by atoms with Crippen LogP contribution in [0.5, 0.6) is 0 Å². The van der Waals surface area contributed by atoms with E-state index in [1.54, 1.807) is 0 Å². The molecule has 0 amide bonds. The van der Waals surface area contributed by atoms with Gasteiger partial charge in [0.1, 0.15) is 6.04 Å². The molecule has 0 fully saturated rings. The van der Waals surface area contributed by atoms with Gasteiger partial charge in [-0.1, -0.05) is 5.11 Å². The van der Waals surface area contributed by atoms with Crippen molar-refractivity contribution in [2.24, 2.45) is 5.11 Å². The van der Waals surface area contributed by atoms with Gasteiger partial charge in [-0.15, -0.1) is 0 Å². The molecule has 0 N–H and O–H groups in total. The van der Waals surface area contributed by atoms with Gasteiger partial charge < -0.3 is 14.2 Å². The molecule has 12 heavy (non-hydrogen) atoms. The van der Waals surface area contributed by atoms with Crippen LogP contribution < -0.4 is 0 Å². The van der Waals surface area contributed by atoms with Crippen LogP contribution in [0.25, 0.3) is 10.4 Å². The first-order valence-corrected chi connectivity index (χ1v) is 3.38. The average molecular weight is 175 g/mol. The standard InChI is InChI=1S/C6H13N3O3/c1-10-4-5(8-9-7)6(11-2)12-3/h5-6H,4H2,1-3H3. The summed E-state index contributed by atoms with van der Waals surface area (Å²) in [6, 6.07) is -0.449. The van der Waals surface area contributed by atoms with Crippen LogP contribution >= 0.6 is 0 Å². The van der Waals surface area contributed by atoms with Crippen LogP contribution in [0.2, 0.25) is 0 Å². The molecule has 0 rings (SSSR count). The lowest BCUT2D eigenvalue weighted by molar-refractivity contribution is -0.124. The molecule has 0 saturated heterocycles. The van der Waals surface area contributed by atoms with Crippen LogP contribution in [0.3, 0.4) is 0 Å². The smallest absolute Gasteiger partial charge is 0.167 e. The Balaban J connectivity index is 4.14. The fourth-order valence-corrected chi connectivity index (χ4v) is 0.814. The first-order chi connectivity index (χ1) is 5.79. The number of nitrogens with zero attached hydrogens (tertiary/aromatic N) is 3. The molecule has 0 saturated carbocycles. The molecular weight excluding hydrogens is 162 g/mol. The number of ether oxygens (including phenoxy) is 3. The van der Waals surface area contributed by atoms with Crippen molar-refractivity contribution in [3.63, 3.8) is 0 Å². The van der Waals surface area contributed by atoms with Gasteiger partial charge in [0.25, 0.3) is 0 Å². The molecule has 70 valence electrons. The fourth-order valence-electron chi connectivity index (χ4n) is 0.814. The molecule has 6 nitrogen and oxygen atoms in total. The van der Waals surface area contributed by atoms with Crippen LogP contribution in [-0.4, -0.2) is 40.3 Å². The van der Waals surface area contributed by atoms with E-state index in [0.717, 1.165) is 0 Å². The molecule has 0 aliphatic rings. The monoisotopic (exact) mass is 175 g/mol. The molecule has 6 heteroatoms. The van der Waals surface area contributed by atoms with Crippen molar-refractivity contribution in [3.05, 3.63) is 10.4 Å². The predicted molar refractivity (Wildman–Crippen MR) is 42.6 cm³/mol. The minimum Gasteiger partial charge on any atom is -0.384 e. The van der Waals surface area contributed by atoms with Crippen LogP contribution in [-0.2, 0) is 14.2 Å². The fraction of sp³-hybridized carbons (Fsp3) is 1.00. The third-order valence-electron chi connectivity index (χ3n) is 1.32. The molecule has 1 unspecified atom stereocenters. The SMILES string of the molecule is COCC(N=[N+]=[N-])C(OC)OC. The van der Waals surface area contributed by atoms with E-state index >= 15 is 0 Å². The Morgan fingerprint density at radius 2 is 1.92 bits per heavy atom. The zero-order valence-electron chi connectivity index (χ0n) is 7.43. The summed E-state index contributed by atoms with van der Waals surface area (Å²) in [6.45, 7) is 0.274. The molecule has 0 aromatic rings. The van der Waals surface area contributed by atoms with Crippen molar-refractivity contribution in [1.29, 1.82) is 0 Å². The molecular formula is C6H13N3O3. The maximum absolute atomic E-state index is 8.19. The van der Waals surface area contributed by atoms with Gasteiger partial charge in [-0.3, -0.25) is 0 Å². The maximum atomic E-state index is 8.19. The molecule has 0 spiro atoms. The molecule has 0 radical (unpaired) electrons. The Morgan fingerprint density at radius 1 is 1.33 bits per heavy atom. The number of hydrogen-bond donors (Lipinski definition) is 0. The van der Waals surface area contributed by atoms with Gasteiger partial charge in [-0.05, 0) is 5.53 Å². The van der Waals surface area contributed by atoms with Gasteiger partial charge in [0.2, 0.25) is 0 Å². The molecule has 0 aromatic carbocycles. The highest BCUT2D eigenvalue weighted by Gasteiger charge is 2.18. The van der Waals surface area contributed by atoms with Crippen LogP contribution in [0.1, 0.15) is 0 Å². The number of azide groups is 1. The van der Waals surface area contributed by atoms with Gasteiger partial charge in [0.05, 0.1) is 6.61 Å². The summed E-state index contributed by atoms with van der Waals surface area (Å²) >= 11 is 0. The third kappa shape index (κ3) is 3.54. The van der Waals surface area contributed by atoms with Crippen molar-refractivity contribution in [2.75, 3.05) is 27.9 Å². The van der Waals surface area contributed by atoms with E-state index < -0.39 is 12.3 Å². The van der Waals surface area contributed by atoms with Crippen LogP contribution in [0, 0.1) is 0 Å². The lowest BCUT2D eigenvalue weighted by Gasteiger charge is -2.19. The largest absolute Gasteiger partial charge is 0.384 e. The average Bonchev–Trinajstić information content (AvgIpc) is 2.07. The van der Waals surface area contributed by atoms with E-state index in [1.165, 1.54) is 21.3 Å². The quantitative estimate of drug-likeness (QED) is 0.261. The summed E-state index contributed by atoms with van der Waals surface area (Å²) in [7, 11) is 4.47. The predicted octanol–water partition coefficient (Wildman–Crippen LogP) is 0.931. The van der Waals surface area contributed by atoms with E-state index in [4.69, 9.17) is 19.7 Å². The summed E-state index contributed by atoms with van der Waals surface area (Å²) in [5.41, 5.74) is 8.19. The van der Waals surface area contributed by atoms with Gasteiger partial charge in [0, 0.05) is 26.2 Å². The van der Waals surface area contributed by atoms with Gasteiger partial charge in [-0.25, -0.2) is 0 Å². The first kappa shape index (κ1) is 11.2. The molecule has 0 aromatic heterocycles. The second-order valence-electron chi connectivity index (χ2n) is 2.07. The molecule has 0 aliphatic heterocycles. The molecule has 0 aliphatic carbocycles. The Bertz CT molecular complexity index is 154. The Hall–Kier alpha value is -0.810. The maximum Gasteiger partial charge on any atom is 0.167 e. The zero-order chi connectivity index (χ0) is 9.40. The van der Waals surface area contributed by atoms with E-state index in [9.17, 15) is 0 Å². The molecule has 0 heterocycles. The summed E-state index contributed by atoms with van der Waals surface area (Å²) in [5, 5.41) is 3.46. The van der Waals surface area contributed by atoms with Crippen LogP contribution in [0.15, 0.2) is 5.11 Å². The van der Waals surface area contributed by atoms with Gasteiger partial charge in [-0.2, -0.15) is 0 Å². The Labute approximate surface area is 71.0 Å². The summed E-state index contributed by atoms with van der Waals surface area (Å²) in [5.74, 6) is 0. The molecule has 1 atom stereocenters. The van der Waals surface area contributed by atoms with Crippen molar-refractivity contribution in [3.8, 4) is 0 Å². The van der Waals surface area contributed by atoms with Crippen molar-refractivity contribution < 1.29 is 14.2 Å². The van der Waals surface area contributed by atoms with Crippen molar-refractivity contribution in [1.82, 2.24) is 0 Å². The number of rotatable bonds is 6. The molecule has 0 bridgehead atoms. The summed E-state index contributed by atoms with van der Waals surface area (Å²) < 4.78 is 14.6. The zero-order valence-corrected chi connectivity index (χ0v) is 7.43. The van der Waals surface area contributed by atoms with Crippen molar-refractivity contribution in [2.45, 2.75) is 12.3 Å². The van der Waals surface area contributed by atoms with E-state index in [0.29, 0.717) is 0 Å². The number of methoxy groups -OCH3 is 3. The van der Waals surface area contributed by atoms with E-state index in [-0.39, 0.29) is 6.61 Å². The first-order valence-electron chi connectivity index (χ1n) is 3.38. The highest BCUT2D eigenvalue weighted by molar-refractivity contribution is 4.69. The second-order valence-corrected chi connectivity index (χ2v) is 2.07. The highest BCUT2D eigenvalue weighted by atomic mass is 16.7. The topological polar surface area (TPSA) is 76.5 Å². The van der Waals surface area contributed by atoms with Crippen LogP contribution in [0.4, 0.5) is 0 Å². The van der Waals surface area contributed by atoms with Crippen molar-refractivity contribution >= 4 is 0 Å².